The standard InChI is InChI=1S/C15H23N5S/c1-6-16-13-7-12(11-8-17-20(5)9-11)18-14(19-13)10-21-15(2,3)4/h7-9H,6,10H2,1-5H3,(H,16,18,19). The first kappa shape index (κ1) is 15.8. The first-order valence-electron chi connectivity index (χ1n) is 7.12. The Morgan fingerprint density at radius 1 is 1.29 bits per heavy atom. The maximum Gasteiger partial charge on any atom is 0.141 e. The molecule has 21 heavy (non-hydrogen) atoms. The van der Waals surface area contributed by atoms with E-state index in [9.17, 15) is 0 Å². The monoisotopic (exact) mass is 305 g/mol. The van der Waals surface area contributed by atoms with E-state index in [0.29, 0.717) is 0 Å². The highest BCUT2D eigenvalue weighted by atomic mass is 32.2. The van der Waals surface area contributed by atoms with Crippen molar-refractivity contribution in [1.82, 2.24) is 19.7 Å². The number of aromatic nitrogens is 4. The highest BCUT2D eigenvalue weighted by Gasteiger charge is 2.14. The molecule has 0 aliphatic rings. The number of thioether (sulfide) groups is 1. The predicted octanol–water partition coefficient (Wildman–Crippen LogP) is 3.34. The highest BCUT2D eigenvalue weighted by Crippen LogP contribution is 2.27. The Labute approximate surface area is 130 Å². The molecule has 2 rings (SSSR count). The van der Waals surface area contributed by atoms with Gasteiger partial charge in [-0.15, -0.1) is 11.8 Å². The number of nitrogens with zero attached hydrogens (tertiary/aromatic N) is 4. The minimum atomic E-state index is 0.200. The Morgan fingerprint density at radius 3 is 2.62 bits per heavy atom. The average molecular weight is 305 g/mol. The van der Waals surface area contributed by atoms with Crippen LogP contribution in [0.4, 0.5) is 5.82 Å². The molecule has 114 valence electrons. The van der Waals surface area contributed by atoms with E-state index in [2.05, 4.69) is 48.1 Å². The third-order valence-electron chi connectivity index (χ3n) is 2.77. The molecule has 0 bridgehead atoms. The summed E-state index contributed by atoms with van der Waals surface area (Å²) >= 11 is 1.85. The minimum absolute atomic E-state index is 0.200. The molecule has 0 unspecified atom stereocenters. The molecule has 0 fully saturated rings. The number of hydrogen-bond donors (Lipinski definition) is 1. The molecule has 5 nitrogen and oxygen atoms in total. The van der Waals surface area contributed by atoms with Crippen LogP contribution in [-0.2, 0) is 12.8 Å². The summed E-state index contributed by atoms with van der Waals surface area (Å²) in [6.07, 6.45) is 3.80. The summed E-state index contributed by atoms with van der Waals surface area (Å²) in [5.41, 5.74) is 1.93. The molecule has 0 radical (unpaired) electrons. The quantitative estimate of drug-likeness (QED) is 0.918. The number of anilines is 1. The smallest absolute Gasteiger partial charge is 0.141 e. The average Bonchev–Trinajstić information content (AvgIpc) is 2.83. The van der Waals surface area contributed by atoms with E-state index in [1.165, 1.54) is 0 Å². The Hall–Kier alpha value is -1.56. The van der Waals surface area contributed by atoms with Crippen LogP contribution in [0.1, 0.15) is 33.5 Å². The van der Waals surface area contributed by atoms with Gasteiger partial charge in [-0.1, -0.05) is 20.8 Å². The number of aryl methyl sites for hydroxylation is 1. The lowest BCUT2D eigenvalue weighted by molar-refractivity contribution is 0.768. The lowest BCUT2D eigenvalue weighted by Crippen LogP contribution is -2.10. The second kappa shape index (κ2) is 6.47. The number of hydrogen-bond acceptors (Lipinski definition) is 5. The molecule has 0 atom stereocenters. The van der Waals surface area contributed by atoms with E-state index >= 15 is 0 Å². The normalized spacial score (nSPS) is 11.7. The summed E-state index contributed by atoms with van der Waals surface area (Å²) in [5.74, 6) is 2.53. The molecule has 0 aliphatic carbocycles. The Morgan fingerprint density at radius 2 is 2.05 bits per heavy atom. The maximum absolute atomic E-state index is 4.68. The molecular formula is C15H23N5S. The van der Waals surface area contributed by atoms with Crippen LogP contribution in [0.25, 0.3) is 11.3 Å². The molecule has 2 aromatic rings. The van der Waals surface area contributed by atoms with Crippen molar-refractivity contribution in [2.24, 2.45) is 7.05 Å². The van der Waals surface area contributed by atoms with Gasteiger partial charge in [0, 0.05) is 36.2 Å². The molecule has 0 saturated heterocycles. The Balaban J connectivity index is 2.30. The lowest BCUT2D eigenvalue weighted by atomic mass is 10.2. The van der Waals surface area contributed by atoms with Crippen LogP contribution in [-0.4, -0.2) is 31.0 Å². The largest absolute Gasteiger partial charge is 0.370 e. The summed E-state index contributed by atoms with van der Waals surface area (Å²) in [5, 5.41) is 7.49. The van der Waals surface area contributed by atoms with E-state index in [4.69, 9.17) is 0 Å². The Bertz CT molecular complexity index is 600. The van der Waals surface area contributed by atoms with Crippen molar-refractivity contribution in [3.8, 4) is 11.3 Å². The van der Waals surface area contributed by atoms with Crippen molar-refractivity contribution in [1.29, 1.82) is 0 Å². The van der Waals surface area contributed by atoms with Gasteiger partial charge in [0.1, 0.15) is 11.6 Å². The summed E-state index contributed by atoms with van der Waals surface area (Å²) in [4.78, 5) is 9.27. The van der Waals surface area contributed by atoms with E-state index < -0.39 is 0 Å². The zero-order valence-electron chi connectivity index (χ0n) is 13.3. The van der Waals surface area contributed by atoms with Crippen molar-refractivity contribution < 1.29 is 0 Å². The van der Waals surface area contributed by atoms with Crippen LogP contribution in [0.2, 0.25) is 0 Å². The van der Waals surface area contributed by atoms with Gasteiger partial charge in [-0.05, 0) is 6.92 Å². The van der Waals surface area contributed by atoms with Gasteiger partial charge in [0.05, 0.1) is 17.6 Å². The van der Waals surface area contributed by atoms with Crippen LogP contribution >= 0.6 is 11.8 Å². The van der Waals surface area contributed by atoms with Crippen LogP contribution in [0.3, 0.4) is 0 Å². The van der Waals surface area contributed by atoms with Crippen molar-refractivity contribution >= 4 is 17.6 Å². The van der Waals surface area contributed by atoms with E-state index in [0.717, 1.165) is 35.2 Å². The molecule has 0 spiro atoms. The fourth-order valence-electron chi connectivity index (χ4n) is 1.82. The third kappa shape index (κ3) is 4.74. The fraction of sp³-hybridized carbons (Fsp3) is 0.533. The molecule has 2 heterocycles. The molecule has 0 aliphatic heterocycles. The SMILES string of the molecule is CCNc1cc(-c2cnn(C)c2)nc(CSC(C)(C)C)n1. The molecular weight excluding hydrogens is 282 g/mol. The molecule has 0 amide bonds. The van der Waals surface area contributed by atoms with Crippen molar-refractivity contribution in [2.75, 3.05) is 11.9 Å². The summed E-state index contributed by atoms with van der Waals surface area (Å²) in [6.45, 7) is 9.51. The van der Waals surface area contributed by atoms with Crippen molar-refractivity contribution in [3.63, 3.8) is 0 Å². The van der Waals surface area contributed by atoms with Crippen LogP contribution in [0.5, 0.6) is 0 Å². The molecule has 0 saturated carbocycles. The summed E-state index contributed by atoms with van der Waals surface area (Å²) in [7, 11) is 1.91. The first-order chi connectivity index (χ1) is 9.87. The van der Waals surface area contributed by atoms with Crippen molar-refractivity contribution in [2.45, 2.75) is 38.2 Å². The fourth-order valence-corrected chi connectivity index (χ4v) is 2.51. The van der Waals surface area contributed by atoms with E-state index in [1.807, 2.05) is 37.3 Å². The highest BCUT2D eigenvalue weighted by molar-refractivity contribution is 7.99. The van der Waals surface area contributed by atoms with Crippen LogP contribution < -0.4 is 5.32 Å². The van der Waals surface area contributed by atoms with E-state index in [1.54, 1.807) is 4.68 Å². The Kier molecular flexibility index (Phi) is 4.88. The molecule has 1 N–H and O–H groups in total. The molecule has 0 aromatic carbocycles. The zero-order valence-corrected chi connectivity index (χ0v) is 14.2. The second-order valence-electron chi connectivity index (χ2n) is 5.89. The second-order valence-corrected chi connectivity index (χ2v) is 7.69. The van der Waals surface area contributed by atoms with Crippen LogP contribution in [0, 0.1) is 0 Å². The van der Waals surface area contributed by atoms with E-state index in [-0.39, 0.29) is 4.75 Å². The maximum atomic E-state index is 4.68. The number of nitrogens with one attached hydrogen (secondary N) is 1. The van der Waals surface area contributed by atoms with Gasteiger partial charge in [-0.2, -0.15) is 5.10 Å². The predicted molar refractivity (Wildman–Crippen MR) is 89.4 cm³/mol. The van der Waals surface area contributed by atoms with Gasteiger partial charge in [-0.25, -0.2) is 9.97 Å². The zero-order chi connectivity index (χ0) is 15.5. The van der Waals surface area contributed by atoms with Crippen LogP contribution in [0.15, 0.2) is 18.5 Å². The van der Waals surface area contributed by atoms with Gasteiger partial charge in [-0.3, -0.25) is 4.68 Å². The van der Waals surface area contributed by atoms with Gasteiger partial charge >= 0.3 is 0 Å². The lowest BCUT2D eigenvalue weighted by Gasteiger charge is -2.17. The number of rotatable bonds is 5. The first-order valence-corrected chi connectivity index (χ1v) is 8.11. The topological polar surface area (TPSA) is 55.6 Å². The van der Waals surface area contributed by atoms with Gasteiger partial charge in [0.15, 0.2) is 0 Å². The summed E-state index contributed by atoms with van der Waals surface area (Å²) in [6, 6.07) is 1.98. The third-order valence-corrected chi connectivity index (χ3v) is 4.03. The van der Waals surface area contributed by atoms with Gasteiger partial charge in [0.2, 0.25) is 0 Å². The van der Waals surface area contributed by atoms with Gasteiger partial charge in [0.25, 0.3) is 0 Å². The minimum Gasteiger partial charge on any atom is -0.370 e. The van der Waals surface area contributed by atoms with Crippen molar-refractivity contribution in [3.05, 3.63) is 24.3 Å². The molecule has 2 aromatic heterocycles. The molecule has 6 heteroatoms. The summed E-state index contributed by atoms with van der Waals surface area (Å²) < 4.78 is 1.99. The van der Waals surface area contributed by atoms with Gasteiger partial charge < -0.3 is 5.32 Å².